The van der Waals surface area contributed by atoms with E-state index in [1.807, 2.05) is 170 Å². The lowest BCUT2D eigenvalue weighted by molar-refractivity contribution is 0.0908. The number of rotatable bonds is 8. The highest BCUT2D eigenvalue weighted by Crippen LogP contribution is 2.42. The normalized spacial score (nSPS) is 13.2. The maximum Gasteiger partial charge on any atom is 0.266 e. The van der Waals surface area contributed by atoms with Gasteiger partial charge in [-0.2, -0.15) is 0 Å². The van der Waals surface area contributed by atoms with E-state index in [0.29, 0.717) is 101 Å². The van der Waals surface area contributed by atoms with Crippen molar-refractivity contribution in [3.8, 4) is 92.9 Å². The number of hydrogen-bond donors (Lipinski definition) is 4. The minimum Gasteiger partial charge on any atom is -0.338 e. The van der Waals surface area contributed by atoms with E-state index in [-0.39, 0.29) is 67.3 Å². The summed E-state index contributed by atoms with van der Waals surface area (Å²) in [6.45, 7) is 0. The molecule has 0 aliphatic carbocycles. The highest BCUT2D eigenvalue weighted by atomic mass is 16.2. The molecule has 21 rings (SSSR count). The standard InChI is InChI=1S/C98H50N12O8/c111-91-71-36-32-59(28-24-55-14-5-1-6-15-55)40-75(71)95(115)107(91)67-45-65(46-68(49-67)108-92(112)72-37-33-60(41-76(72)96(108)116)29-25-56-16-7-2-8-17-56)89-103-83-51-79-80(52-84(83)104-89)100-87(99-79)63-22-13-23-64(44-63)88-101-81-53-85-86(54-82(81)102-88)106-90(105-85)66-47-69(109-93(113)73-38-34-61(42-77(73)97(109)117)30-26-57-18-9-3-10-19-57)50-70(48-66)110-94(114)74-39-35-62(43-78(74)98(110)118)31-27-58-20-11-4-12-21-58/h1-23,32-54H,(H,99,100)(H,101,102)(H,103,104)(H,105,106). The van der Waals surface area contributed by atoms with E-state index in [2.05, 4.69) is 67.3 Å². The predicted molar refractivity (Wildman–Crippen MR) is 447 cm³/mol. The number of aromatic amines is 4. The van der Waals surface area contributed by atoms with Gasteiger partial charge in [0.15, 0.2) is 0 Å². The van der Waals surface area contributed by atoms with E-state index < -0.39 is 47.3 Å². The number of carbonyl (C=O) groups excluding carboxylic acids is 8. The Morgan fingerprint density at radius 2 is 0.424 bits per heavy atom. The lowest BCUT2D eigenvalue weighted by Crippen LogP contribution is -2.32. The number of imidazole rings is 4. The molecule has 4 aromatic heterocycles. The van der Waals surface area contributed by atoms with Crippen molar-refractivity contribution in [1.82, 2.24) is 39.9 Å². The van der Waals surface area contributed by atoms with Gasteiger partial charge >= 0.3 is 0 Å². The second kappa shape index (κ2) is 27.2. The van der Waals surface area contributed by atoms with Crippen LogP contribution in [0.4, 0.5) is 22.7 Å². The van der Waals surface area contributed by atoms with Gasteiger partial charge in [0.25, 0.3) is 47.3 Å². The average molecular weight is 1520 g/mol. The van der Waals surface area contributed by atoms with E-state index in [0.717, 1.165) is 53.0 Å². The molecule has 0 saturated heterocycles. The summed E-state index contributed by atoms with van der Waals surface area (Å²) in [6, 6.07) is 81.4. The number of aromatic nitrogens is 8. The molecule has 20 heteroatoms. The van der Waals surface area contributed by atoms with E-state index in [1.165, 1.54) is 12.1 Å². The molecule has 4 aliphatic heterocycles. The quantitative estimate of drug-likeness (QED) is 0.0817. The van der Waals surface area contributed by atoms with E-state index in [9.17, 15) is 38.4 Å². The molecule has 118 heavy (non-hydrogen) atoms. The molecule has 0 fully saturated rings. The number of benzene rings is 13. The fraction of sp³-hybridized carbons (Fsp3) is 0. The van der Waals surface area contributed by atoms with E-state index >= 15 is 0 Å². The van der Waals surface area contributed by atoms with Gasteiger partial charge in [-0.25, -0.2) is 39.5 Å². The van der Waals surface area contributed by atoms with Crippen molar-refractivity contribution in [1.29, 1.82) is 0 Å². The molecule has 4 aliphatic rings. The molecule has 17 aromatic rings. The number of fused-ring (bicyclic) bond motifs is 8. The highest BCUT2D eigenvalue weighted by molar-refractivity contribution is 6.38. The van der Waals surface area contributed by atoms with E-state index in [4.69, 9.17) is 19.9 Å². The van der Waals surface area contributed by atoms with E-state index in [1.54, 1.807) is 97.1 Å². The van der Waals surface area contributed by atoms with Gasteiger partial charge < -0.3 is 19.9 Å². The summed E-state index contributed by atoms with van der Waals surface area (Å²) in [7, 11) is 0. The number of amides is 8. The first kappa shape index (κ1) is 68.6. The number of imide groups is 4. The molecule has 0 spiro atoms. The van der Waals surface area contributed by atoms with Gasteiger partial charge in [0, 0.05) is 66.8 Å². The van der Waals surface area contributed by atoms with Crippen molar-refractivity contribution in [2.24, 2.45) is 0 Å². The SMILES string of the molecule is O=C1c2ccc(C#Cc3ccccc3)cc2C(=O)N1c1cc(-c2nc3cc4[nH]c(-c5cccc(-c6nc7cc8[nH]c(-c9cc(N%10C(=O)c%11ccc(C#Cc%12ccccc%12)cc%11C%10=O)cc(N%10C(=O)c%11ccc(C#Cc%12ccccc%12)cc%11C%10=O)c9)nc8cc7[nH]6)c5)nc4cc3[nH]2)cc(N2C(=O)c3ccc(C#Cc4ccccc4)cc3C2=O)c1. The summed E-state index contributed by atoms with van der Waals surface area (Å²) in [5.41, 5.74) is 13.6. The number of hydrogen-bond acceptors (Lipinski definition) is 12. The van der Waals surface area contributed by atoms with Crippen LogP contribution >= 0.6 is 0 Å². The molecule has 0 bridgehead atoms. The number of anilines is 4. The Morgan fingerprint density at radius 1 is 0.195 bits per heavy atom. The maximum absolute atomic E-state index is 14.6. The first-order valence-corrected chi connectivity index (χ1v) is 37.3. The zero-order valence-corrected chi connectivity index (χ0v) is 61.4. The second-order valence-electron chi connectivity index (χ2n) is 28.5. The molecule has 8 amide bonds. The summed E-state index contributed by atoms with van der Waals surface area (Å²) >= 11 is 0. The fourth-order valence-corrected chi connectivity index (χ4v) is 15.2. The molecular formula is C98H50N12O8. The smallest absolute Gasteiger partial charge is 0.266 e. The number of nitrogens with one attached hydrogen (secondary N) is 4. The van der Waals surface area contributed by atoms with Gasteiger partial charge in [0.2, 0.25) is 0 Å². The molecule has 550 valence electrons. The van der Waals surface area contributed by atoms with Gasteiger partial charge in [0.05, 0.1) is 111 Å². The van der Waals surface area contributed by atoms with Gasteiger partial charge in [0.1, 0.15) is 23.3 Å². The van der Waals surface area contributed by atoms with Crippen LogP contribution in [-0.2, 0) is 0 Å². The number of H-pyrrole nitrogens is 4. The van der Waals surface area contributed by atoms with Crippen LogP contribution < -0.4 is 19.6 Å². The van der Waals surface area contributed by atoms with Crippen molar-refractivity contribution < 1.29 is 38.4 Å². The Morgan fingerprint density at radius 3 is 0.678 bits per heavy atom. The summed E-state index contributed by atoms with van der Waals surface area (Å²) in [5, 5.41) is 0. The van der Waals surface area contributed by atoms with Gasteiger partial charge in [-0.3, -0.25) is 38.4 Å². The molecule has 0 radical (unpaired) electrons. The first-order chi connectivity index (χ1) is 57.7. The molecule has 0 unspecified atom stereocenters. The van der Waals surface area contributed by atoms with Crippen LogP contribution in [0.3, 0.4) is 0 Å². The van der Waals surface area contributed by atoms with Crippen molar-refractivity contribution in [2.75, 3.05) is 19.6 Å². The fourth-order valence-electron chi connectivity index (χ4n) is 15.2. The lowest BCUT2D eigenvalue weighted by atomic mass is 10.1. The predicted octanol–water partition coefficient (Wildman–Crippen LogP) is 16.7. The van der Waals surface area contributed by atoms with Crippen LogP contribution in [0, 0.1) is 47.4 Å². The first-order valence-electron chi connectivity index (χ1n) is 37.3. The van der Waals surface area contributed by atoms with Crippen LogP contribution in [0.5, 0.6) is 0 Å². The summed E-state index contributed by atoms with van der Waals surface area (Å²) in [4.78, 5) is 155. The zero-order chi connectivity index (χ0) is 79.6. The third kappa shape index (κ3) is 11.9. The van der Waals surface area contributed by atoms with Gasteiger partial charge in [-0.1, -0.05) is 138 Å². The Bertz CT molecular complexity index is 6820. The Kier molecular flexibility index (Phi) is 15.8. The second-order valence-corrected chi connectivity index (χ2v) is 28.5. The summed E-state index contributed by atoms with van der Waals surface area (Å²) in [5.74, 6) is 21.6. The Labute approximate surface area is 669 Å². The van der Waals surface area contributed by atoms with Crippen LogP contribution in [0.25, 0.3) is 89.7 Å². The molecular weight excluding hydrogens is 1470 g/mol. The monoisotopic (exact) mass is 1520 g/mol. The zero-order valence-electron chi connectivity index (χ0n) is 61.4. The van der Waals surface area contributed by atoms with Crippen LogP contribution in [0.2, 0.25) is 0 Å². The largest absolute Gasteiger partial charge is 0.338 e. The van der Waals surface area contributed by atoms with Crippen molar-refractivity contribution in [3.05, 3.63) is 368 Å². The number of carbonyl (C=O) groups is 8. The van der Waals surface area contributed by atoms with Crippen molar-refractivity contribution >= 4 is 114 Å². The molecule has 0 atom stereocenters. The molecule has 0 saturated carbocycles. The molecule has 20 nitrogen and oxygen atoms in total. The summed E-state index contributed by atoms with van der Waals surface area (Å²) < 4.78 is 0. The van der Waals surface area contributed by atoms with Crippen LogP contribution in [-0.4, -0.2) is 87.1 Å². The summed E-state index contributed by atoms with van der Waals surface area (Å²) in [6.07, 6.45) is 0. The molecule has 8 heterocycles. The Balaban J connectivity index is 0.581. The minimum atomic E-state index is -0.621. The average Bonchev–Trinajstić information content (AvgIpc) is 1.58. The maximum atomic E-state index is 14.6. The van der Waals surface area contributed by atoms with Crippen molar-refractivity contribution in [2.45, 2.75) is 0 Å². The topological polar surface area (TPSA) is 264 Å². The van der Waals surface area contributed by atoms with Gasteiger partial charge in [-0.15, -0.1) is 0 Å². The molecule has 13 aromatic carbocycles. The van der Waals surface area contributed by atoms with Crippen molar-refractivity contribution in [3.63, 3.8) is 0 Å². The minimum absolute atomic E-state index is 0.0863. The van der Waals surface area contributed by atoms with Crippen LogP contribution in [0.15, 0.2) is 279 Å². The third-order valence-electron chi connectivity index (χ3n) is 21.0. The highest BCUT2D eigenvalue weighted by Gasteiger charge is 2.43. The molecule has 4 N–H and O–H groups in total. The Hall–Kier alpha value is -17.5. The lowest BCUT2D eigenvalue weighted by Gasteiger charge is -2.20. The van der Waals surface area contributed by atoms with Crippen LogP contribution in [0.1, 0.15) is 127 Å². The third-order valence-corrected chi connectivity index (χ3v) is 21.0. The van der Waals surface area contributed by atoms with Gasteiger partial charge in [-0.05, 0) is 188 Å². The number of nitrogens with zero attached hydrogens (tertiary/aromatic N) is 8.